The summed E-state index contributed by atoms with van der Waals surface area (Å²) in [6.45, 7) is 0. The van der Waals surface area contributed by atoms with Gasteiger partial charge in [-0.25, -0.2) is 0 Å². The molecule has 100 valence electrons. The first-order valence-electron chi connectivity index (χ1n) is 5.81. The van der Waals surface area contributed by atoms with E-state index in [1.165, 1.54) is 7.11 Å². The Morgan fingerprint density at radius 3 is 3.37 bits per heavy atom. The monoisotopic (exact) mass is 340 g/mol. The minimum atomic E-state index is -0.336. The highest BCUT2D eigenvalue weighted by molar-refractivity contribution is 9.07. The number of hydrogen-bond donors (Lipinski definition) is 1. The van der Waals surface area contributed by atoms with Gasteiger partial charge in [0, 0.05) is 32.9 Å². The molecule has 0 bridgehead atoms. The van der Waals surface area contributed by atoms with Gasteiger partial charge in [0.05, 0.1) is 12.3 Å². The van der Waals surface area contributed by atoms with Gasteiger partial charge in [-0.2, -0.15) is 0 Å². The molecule has 0 aromatic heterocycles. The number of nitrogens with zero attached hydrogens (tertiary/aromatic N) is 3. The number of allylic oxidation sites excluding steroid dienone is 1. The third-order valence-electron chi connectivity index (χ3n) is 3.33. The van der Waals surface area contributed by atoms with E-state index >= 15 is 0 Å². The zero-order valence-electron chi connectivity index (χ0n) is 10.3. The van der Waals surface area contributed by atoms with Crippen LogP contribution in [0.5, 0.6) is 0 Å². The number of rotatable bonds is 2. The van der Waals surface area contributed by atoms with Gasteiger partial charge in [0.1, 0.15) is 17.7 Å². The van der Waals surface area contributed by atoms with Crippen LogP contribution in [0.2, 0.25) is 0 Å². The van der Waals surface area contributed by atoms with Gasteiger partial charge in [-0.3, -0.25) is 4.99 Å². The highest BCUT2D eigenvalue weighted by Gasteiger charge is 2.50. The Balaban J connectivity index is 2.06. The normalized spacial score (nSPS) is 32.6. The predicted octanol–water partition coefficient (Wildman–Crippen LogP) is 2.14. The molecule has 19 heavy (non-hydrogen) atoms. The van der Waals surface area contributed by atoms with Gasteiger partial charge in [-0.15, -0.1) is 0 Å². The molecule has 0 aromatic carbocycles. The zero-order valence-corrected chi connectivity index (χ0v) is 12.7. The Morgan fingerprint density at radius 1 is 1.74 bits per heavy atom. The summed E-state index contributed by atoms with van der Waals surface area (Å²) in [6, 6.07) is 0.126. The maximum Gasteiger partial charge on any atom is 0.123 e. The number of halogens is 1. The summed E-state index contributed by atoms with van der Waals surface area (Å²) >= 11 is 5.11. The molecule has 2 N–H and O–H groups in total. The lowest BCUT2D eigenvalue weighted by atomic mass is 9.81. The number of nitrogens with two attached hydrogens (primary N) is 1. The SMILES string of the molecule is CON=CC1=NC23CC=CN(Br)C2C=CC(N)=C3S1. The summed E-state index contributed by atoms with van der Waals surface area (Å²) in [4.78, 5) is 10.6. The summed E-state index contributed by atoms with van der Waals surface area (Å²) < 4.78 is 1.99. The van der Waals surface area contributed by atoms with Crippen LogP contribution in [0.1, 0.15) is 6.42 Å². The van der Waals surface area contributed by atoms with Gasteiger partial charge in [-0.05, 0) is 12.5 Å². The van der Waals surface area contributed by atoms with E-state index in [2.05, 4.69) is 33.5 Å². The second-order valence-electron chi connectivity index (χ2n) is 4.42. The molecule has 0 fully saturated rings. The quantitative estimate of drug-likeness (QED) is 0.475. The Bertz CT molecular complexity index is 554. The van der Waals surface area contributed by atoms with E-state index in [-0.39, 0.29) is 11.6 Å². The van der Waals surface area contributed by atoms with Gasteiger partial charge in [0.25, 0.3) is 0 Å². The summed E-state index contributed by atoms with van der Waals surface area (Å²) in [5.41, 5.74) is 6.57. The van der Waals surface area contributed by atoms with Crippen LogP contribution in [-0.4, -0.2) is 33.9 Å². The van der Waals surface area contributed by atoms with E-state index in [1.807, 2.05) is 16.2 Å². The lowest BCUT2D eigenvalue weighted by Gasteiger charge is -2.42. The van der Waals surface area contributed by atoms with Crippen LogP contribution in [-0.2, 0) is 4.84 Å². The van der Waals surface area contributed by atoms with Crippen LogP contribution in [0.25, 0.3) is 0 Å². The molecule has 0 aromatic rings. The number of oxime groups is 1. The first kappa shape index (κ1) is 12.8. The minimum Gasteiger partial charge on any atom is -0.399 e. The zero-order chi connectivity index (χ0) is 13.5. The maximum absolute atomic E-state index is 6.12. The average Bonchev–Trinajstić information content (AvgIpc) is 2.76. The fourth-order valence-electron chi connectivity index (χ4n) is 2.53. The Morgan fingerprint density at radius 2 is 2.58 bits per heavy atom. The van der Waals surface area contributed by atoms with Gasteiger partial charge in [0.2, 0.25) is 0 Å². The first-order valence-corrected chi connectivity index (χ1v) is 7.33. The molecule has 2 unspecified atom stereocenters. The highest BCUT2D eigenvalue weighted by atomic mass is 79.9. The molecule has 1 spiro atoms. The topological polar surface area (TPSA) is 63.2 Å². The lowest BCUT2D eigenvalue weighted by molar-refractivity contribution is 0.216. The standard InChI is InChI=1S/C12H13BrN4OS/c1-18-15-7-10-16-12-5-2-6-17(13)9(12)4-3-8(14)11(12)19-10/h2-4,6-7,9H,5,14H2,1H3. The summed E-state index contributed by atoms with van der Waals surface area (Å²) in [5, 5.41) is 4.61. The van der Waals surface area contributed by atoms with E-state index in [9.17, 15) is 0 Å². The molecule has 5 nitrogen and oxygen atoms in total. The van der Waals surface area contributed by atoms with Crippen LogP contribution >= 0.6 is 27.9 Å². The van der Waals surface area contributed by atoms with Crippen LogP contribution < -0.4 is 5.73 Å². The van der Waals surface area contributed by atoms with Crippen molar-refractivity contribution in [2.45, 2.75) is 18.0 Å². The number of hydrogen-bond acceptors (Lipinski definition) is 6. The molecular weight excluding hydrogens is 328 g/mol. The number of thioether (sulfide) groups is 1. The van der Waals surface area contributed by atoms with Crippen molar-refractivity contribution < 1.29 is 4.84 Å². The summed E-state index contributed by atoms with van der Waals surface area (Å²) in [7, 11) is 1.52. The van der Waals surface area contributed by atoms with Crippen molar-refractivity contribution in [1.82, 2.24) is 3.93 Å². The largest absolute Gasteiger partial charge is 0.399 e. The molecule has 7 heteroatoms. The smallest absolute Gasteiger partial charge is 0.123 e. The van der Waals surface area contributed by atoms with E-state index in [4.69, 9.17) is 15.6 Å². The molecular formula is C12H13BrN4OS. The van der Waals surface area contributed by atoms with E-state index in [0.29, 0.717) is 0 Å². The van der Waals surface area contributed by atoms with Crippen molar-refractivity contribution in [2.24, 2.45) is 15.9 Å². The second-order valence-corrected chi connectivity index (χ2v) is 6.26. The fourth-order valence-corrected chi connectivity index (χ4v) is 4.29. The van der Waals surface area contributed by atoms with Crippen molar-refractivity contribution >= 4 is 39.2 Å². The van der Waals surface area contributed by atoms with E-state index < -0.39 is 0 Å². The van der Waals surface area contributed by atoms with Crippen molar-refractivity contribution in [2.75, 3.05) is 7.11 Å². The van der Waals surface area contributed by atoms with Gasteiger partial charge in [0.15, 0.2) is 0 Å². The third kappa shape index (κ3) is 1.92. The second kappa shape index (κ2) is 4.72. The first-order chi connectivity index (χ1) is 9.17. The van der Waals surface area contributed by atoms with Crippen molar-refractivity contribution in [3.05, 3.63) is 35.0 Å². The molecule has 0 amide bonds. The molecule has 2 heterocycles. The Kier molecular flexibility index (Phi) is 3.18. The van der Waals surface area contributed by atoms with Crippen LogP contribution in [0.4, 0.5) is 0 Å². The van der Waals surface area contributed by atoms with Gasteiger partial charge >= 0.3 is 0 Å². The molecule has 0 saturated carbocycles. The molecule has 2 aliphatic heterocycles. The molecule has 3 rings (SSSR count). The predicted molar refractivity (Wildman–Crippen MR) is 81.9 cm³/mol. The summed E-state index contributed by atoms with van der Waals surface area (Å²) in [6.07, 6.45) is 10.6. The van der Waals surface area contributed by atoms with E-state index in [0.717, 1.165) is 22.1 Å². The van der Waals surface area contributed by atoms with Crippen molar-refractivity contribution in [1.29, 1.82) is 0 Å². The van der Waals surface area contributed by atoms with Crippen LogP contribution in [0.3, 0.4) is 0 Å². The van der Waals surface area contributed by atoms with Gasteiger partial charge in [-0.1, -0.05) is 29.1 Å². The maximum atomic E-state index is 6.12. The minimum absolute atomic E-state index is 0.126. The third-order valence-corrected chi connectivity index (χ3v) is 5.21. The fraction of sp³-hybridized carbons (Fsp3) is 0.333. The van der Waals surface area contributed by atoms with Crippen molar-refractivity contribution in [3.8, 4) is 0 Å². The summed E-state index contributed by atoms with van der Waals surface area (Å²) in [5.74, 6) is 0. The van der Waals surface area contributed by atoms with Crippen LogP contribution in [0.15, 0.2) is 45.2 Å². The highest BCUT2D eigenvalue weighted by Crippen LogP contribution is 2.50. The number of aliphatic imine (C=N–C) groups is 1. The van der Waals surface area contributed by atoms with Crippen molar-refractivity contribution in [3.63, 3.8) is 0 Å². The molecule has 1 aliphatic carbocycles. The van der Waals surface area contributed by atoms with Crippen LogP contribution in [0, 0.1) is 0 Å². The molecule has 0 saturated heterocycles. The van der Waals surface area contributed by atoms with Gasteiger partial charge < -0.3 is 14.5 Å². The molecule has 2 atom stereocenters. The van der Waals surface area contributed by atoms with E-state index in [1.54, 1.807) is 18.0 Å². The Labute approximate surface area is 124 Å². The Hall–Kier alpha value is -1.21. The average molecular weight is 341 g/mol. The lowest BCUT2D eigenvalue weighted by Crippen LogP contribution is -2.49. The molecule has 0 radical (unpaired) electrons. The molecule has 3 aliphatic rings.